The van der Waals surface area contributed by atoms with Gasteiger partial charge in [-0.25, -0.2) is 4.79 Å². The van der Waals surface area contributed by atoms with Crippen molar-refractivity contribution in [3.05, 3.63) is 51.4 Å². The molecule has 21 heavy (non-hydrogen) atoms. The molecule has 2 aromatic rings. The smallest absolute Gasteiger partial charge is 0.336 e. The van der Waals surface area contributed by atoms with Gasteiger partial charge in [0.25, 0.3) is 5.56 Å². The summed E-state index contributed by atoms with van der Waals surface area (Å²) in [6, 6.07) is 7.86. The third-order valence-corrected chi connectivity index (χ3v) is 3.03. The van der Waals surface area contributed by atoms with Crippen LogP contribution in [-0.2, 0) is 0 Å². The van der Waals surface area contributed by atoms with Crippen LogP contribution >= 0.6 is 0 Å². The van der Waals surface area contributed by atoms with Gasteiger partial charge in [-0.05, 0) is 36.8 Å². The number of aromatic amines is 1. The van der Waals surface area contributed by atoms with E-state index in [4.69, 9.17) is 10.00 Å². The number of aromatic carboxylic acids is 1. The molecule has 1 heterocycles. The molecule has 0 amide bonds. The monoisotopic (exact) mass is 284 g/mol. The number of nitrogens with zero attached hydrogens (tertiary/aromatic N) is 1. The van der Waals surface area contributed by atoms with E-state index in [-0.39, 0.29) is 11.1 Å². The summed E-state index contributed by atoms with van der Waals surface area (Å²) >= 11 is 0. The molecule has 0 unspecified atom stereocenters. The molecule has 6 heteroatoms. The first kappa shape index (κ1) is 14.3. The Hall–Kier alpha value is -3.07. The van der Waals surface area contributed by atoms with Gasteiger partial charge in [-0.3, -0.25) is 4.79 Å². The topological polar surface area (TPSA) is 103 Å². The molecule has 0 aliphatic carbocycles. The van der Waals surface area contributed by atoms with E-state index < -0.39 is 11.5 Å². The van der Waals surface area contributed by atoms with E-state index in [0.717, 1.165) is 0 Å². The van der Waals surface area contributed by atoms with E-state index in [2.05, 4.69) is 4.98 Å². The molecule has 0 fully saturated rings. The molecule has 106 valence electrons. The van der Waals surface area contributed by atoms with Crippen molar-refractivity contribution in [1.29, 1.82) is 5.26 Å². The van der Waals surface area contributed by atoms with Crippen molar-refractivity contribution in [2.24, 2.45) is 0 Å². The lowest BCUT2D eigenvalue weighted by molar-refractivity contribution is 0.0697. The molecule has 0 aliphatic rings. The number of aromatic nitrogens is 1. The molecule has 0 bridgehead atoms. The lowest BCUT2D eigenvalue weighted by atomic mass is 9.96. The standard InChI is InChI=1S/C15H12N2O4/c1-8-5-11(13(7-16)14(18)17-8)10-4-3-9(21-2)6-12(10)15(19)20/h3-6H,1-2H3,(H,17,18)(H,19,20). The van der Waals surface area contributed by atoms with Gasteiger partial charge < -0.3 is 14.8 Å². The molecule has 2 N–H and O–H groups in total. The first-order chi connectivity index (χ1) is 9.97. The molecule has 0 spiro atoms. The number of benzene rings is 1. The number of H-pyrrole nitrogens is 1. The fourth-order valence-electron chi connectivity index (χ4n) is 2.07. The molecule has 1 aromatic heterocycles. The Morgan fingerprint density at radius 3 is 2.62 bits per heavy atom. The number of hydrogen-bond donors (Lipinski definition) is 2. The van der Waals surface area contributed by atoms with E-state index in [1.54, 1.807) is 19.1 Å². The van der Waals surface area contributed by atoms with E-state index in [0.29, 0.717) is 22.6 Å². The Morgan fingerprint density at radius 1 is 1.33 bits per heavy atom. The highest BCUT2D eigenvalue weighted by Gasteiger charge is 2.18. The van der Waals surface area contributed by atoms with Crippen molar-refractivity contribution in [2.75, 3.05) is 7.11 Å². The molecule has 0 aliphatic heterocycles. The van der Waals surface area contributed by atoms with Gasteiger partial charge in [0.2, 0.25) is 0 Å². The van der Waals surface area contributed by atoms with Crippen molar-refractivity contribution < 1.29 is 14.6 Å². The van der Waals surface area contributed by atoms with Gasteiger partial charge in [-0.15, -0.1) is 0 Å². The summed E-state index contributed by atoms with van der Waals surface area (Å²) in [5.74, 6) is -0.776. The summed E-state index contributed by atoms with van der Waals surface area (Å²) in [5.41, 5.74) is 0.442. The summed E-state index contributed by atoms with van der Waals surface area (Å²) in [6.07, 6.45) is 0. The highest BCUT2D eigenvalue weighted by molar-refractivity contribution is 5.97. The number of nitrogens with one attached hydrogen (secondary N) is 1. The average Bonchev–Trinajstić information content (AvgIpc) is 2.45. The second-order valence-electron chi connectivity index (χ2n) is 4.40. The van der Waals surface area contributed by atoms with Crippen LogP contribution in [0.3, 0.4) is 0 Å². The molecule has 6 nitrogen and oxygen atoms in total. The van der Waals surface area contributed by atoms with Crippen molar-refractivity contribution in [3.8, 4) is 22.9 Å². The van der Waals surface area contributed by atoms with Gasteiger partial charge >= 0.3 is 5.97 Å². The molecule has 0 saturated heterocycles. The van der Waals surface area contributed by atoms with Crippen LogP contribution in [0.25, 0.3) is 11.1 Å². The third-order valence-electron chi connectivity index (χ3n) is 3.03. The summed E-state index contributed by atoms with van der Waals surface area (Å²) in [5, 5.41) is 18.5. The number of nitriles is 1. The number of carboxylic acid groups (broad SMARTS) is 1. The third kappa shape index (κ3) is 2.62. The van der Waals surface area contributed by atoms with Crippen LogP contribution in [0.4, 0.5) is 0 Å². The van der Waals surface area contributed by atoms with E-state index in [9.17, 15) is 14.7 Å². The highest BCUT2D eigenvalue weighted by Crippen LogP contribution is 2.29. The van der Waals surface area contributed by atoms with Gasteiger partial charge in [-0.1, -0.05) is 0 Å². The minimum absolute atomic E-state index is 0.0316. The summed E-state index contributed by atoms with van der Waals surface area (Å²) in [6.45, 7) is 1.66. The van der Waals surface area contributed by atoms with E-state index in [1.807, 2.05) is 6.07 Å². The maximum atomic E-state index is 11.8. The number of rotatable bonds is 3. The van der Waals surface area contributed by atoms with Crippen molar-refractivity contribution in [3.63, 3.8) is 0 Å². The van der Waals surface area contributed by atoms with Crippen LogP contribution in [0.2, 0.25) is 0 Å². The zero-order chi connectivity index (χ0) is 15.6. The first-order valence-electron chi connectivity index (χ1n) is 6.03. The van der Waals surface area contributed by atoms with Crippen LogP contribution in [-0.4, -0.2) is 23.2 Å². The largest absolute Gasteiger partial charge is 0.497 e. The highest BCUT2D eigenvalue weighted by atomic mass is 16.5. The first-order valence-corrected chi connectivity index (χ1v) is 6.03. The van der Waals surface area contributed by atoms with E-state index >= 15 is 0 Å². The molecule has 0 radical (unpaired) electrons. The number of hydrogen-bond acceptors (Lipinski definition) is 4. The second-order valence-corrected chi connectivity index (χ2v) is 4.40. The maximum Gasteiger partial charge on any atom is 0.336 e. The van der Waals surface area contributed by atoms with E-state index in [1.165, 1.54) is 19.2 Å². The SMILES string of the molecule is COc1ccc(-c2cc(C)[nH]c(=O)c2C#N)c(C(=O)O)c1. The normalized spacial score (nSPS) is 9.95. The molecule has 2 rings (SSSR count). The molecular formula is C15H12N2O4. The summed E-state index contributed by atoms with van der Waals surface area (Å²) in [7, 11) is 1.43. The minimum Gasteiger partial charge on any atom is -0.497 e. The molecule has 0 atom stereocenters. The lowest BCUT2D eigenvalue weighted by Gasteiger charge is -2.10. The zero-order valence-electron chi connectivity index (χ0n) is 11.4. The molecule has 1 aromatic carbocycles. The van der Waals surface area contributed by atoms with Gasteiger partial charge in [0.1, 0.15) is 17.4 Å². The van der Waals surface area contributed by atoms with Crippen molar-refractivity contribution in [1.82, 2.24) is 4.98 Å². The van der Waals surface area contributed by atoms with Crippen LogP contribution in [0, 0.1) is 18.3 Å². The predicted molar refractivity (Wildman–Crippen MR) is 75.5 cm³/mol. The van der Waals surface area contributed by atoms with Gasteiger partial charge in [-0.2, -0.15) is 5.26 Å². The minimum atomic E-state index is -1.16. The number of pyridine rings is 1. The fourth-order valence-corrected chi connectivity index (χ4v) is 2.07. The average molecular weight is 284 g/mol. The second kappa shape index (κ2) is 5.51. The van der Waals surface area contributed by atoms with Crippen LogP contribution in [0.15, 0.2) is 29.1 Å². The van der Waals surface area contributed by atoms with Crippen molar-refractivity contribution >= 4 is 5.97 Å². The Morgan fingerprint density at radius 2 is 2.05 bits per heavy atom. The molecular weight excluding hydrogens is 272 g/mol. The number of carbonyl (C=O) groups is 1. The number of methoxy groups -OCH3 is 1. The number of ether oxygens (including phenoxy) is 1. The Bertz CT molecular complexity index is 815. The predicted octanol–water partition coefficient (Wildman–Crippen LogP) is 1.93. The fraction of sp³-hybridized carbons (Fsp3) is 0.133. The lowest BCUT2D eigenvalue weighted by Crippen LogP contribution is -2.13. The number of aryl methyl sites for hydroxylation is 1. The van der Waals surface area contributed by atoms with Crippen LogP contribution < -0.4 is 10.3 Å². The van der Waals surface area contributed by atoms with Gasteiger partial charge in [0.15, 0.2) is 0 Å². The van der Waals surface area contributed by atoms with Crippen molar-refractivity contribution in [2.45, 2.75) is 6.92 Å². The van der Waals surface area contributed by atoms with Crippen LogP contribution in [0.1, 0.15) is 21.6 Å². The quantitative estimate of drug-likeness (QED) is 0.896. The van der Waals surface area contributed by atoms with Gasteiger partial charge in [0.05, 0.1) is 12.7 Å². The Labute approximate surface area is 120 Å². The summed E-state index contributed by atoms with van der Waals surface area (Å²) < 4.78 is 5.00. The van der Waals surface area contributed by atoms with Crippen LogP contribution in [0.5, 0.6) is 5.75 Å². The number of carboxylic acids is 1. The Kier molecular flexibility index (Phi) is 3.76. The maximum absolute atomic E-state index is 11.8. The summed E-state index contributed by atoms with van der Waals surface area (Å²) in [4.78, 5) is 25.7. The molecule has 0 saturated carbocycles. The zero-order valence-corrected chi connectivity index (χ0v) is 11.4. The van der Waals surface area contributed by atoms with Gasteiger partial charge in [0, 0.05) is 11.3 Å². The Balaban J connectivity index is 2.82.